The summed E-state index contributed by atoms with van der Waals surface area (Å²) in [5.41, 5.74) is 6.80. The Labute approximate surface area is 120 Å². The minimum absolute atomic E-state index is 0.0229. The monoisotopic (exact) mass is 280 g/mol. The molecule has 0 bridgehead atoms. The molecule has 1 atom stereocenters. The van der Waals surface area contributed by atoms with Crippen LogP contribution in [0.4, 0.5) is 0 Å². The molecule has 0 spiro atoms. The van der Waals surface area contributed by atoms with Crippen molar-refractivity contribution in [2.75, 3.05) is 13.7 Å². The number of methoxy groups -OCH3 is 1. The summed E-state index contributed by atoms with van der Waals surface area (Å²) in [5, 5.41) is 2.82. The first-order valence-electron chi connectivity index (χ1n) is 6.79. The van der Waals surface area contributed by atoms with E-state index in [1.165, 1.54) is 0 Å². The molecule has 0 aliphatic heterocycles. The first kappa shape index (κ1) is 16.3. The standard InChI is InChI=1S/C15H24N2O3/c1-10(2)17-15(18)7-8-20-14-9-12(19-4)5-6-13(14)11(3)16/h5-6,9-11H,7-8,16H2,1-4H3,(H,17,18). The Hall–Kier alpha value is -1.75. The Balaban J connectivity index is 2.64. The normalized spacial score (nSPS) is 12.1. The van der Waals surface area contributed by atoms with Gasteiger partial charge in [0.1, 0.15) is 11.5 Å². The minimum atomic E-state index is -0.139. The molecule has 1 aromatic rings. The Bertz CT molecular complexity index is 445. The summed E-state index contributed by atoms with van der Waals surface area (Å²) in [7, 11) is 1.60. The third-order valence-corrected chi connectivity index (χ3v) is 2.75. The van der Waals surface area contributed by atoms with E-state index in [-0.39, 0.29) is 18.0 Å². The van der Waals surface area contributed by atoms with Crippen molar-refractivity contribution in [3.8, 4) is 11.5 Å². The zero-order valence-electron chi connectivity index (χ0n) is 12.6. The summed E-state index contributed by atoms with van der Waals surface area (Å²) in [4.78, 5) is 11.5. The highest BCUT2D eigenvalue weighted by molar-refractivity contribution is 5.76. The van der Waals surface area contributed by atoms with Crippen molar-refractivity contribution >= 4 is 5.91 Å². The van der Waals surface area contributed by atoms with E-state index >= 15 is 0 Å². The SMILES string of the molecule is COc1ccc(C(C)N)c(OCCC(=O)NC(C)C)c1. The van der Waals surface area contributed by atoms with Crippen LogP contribution in [0.5, 0.6) is 11.5 Å². The third kappa shape index (κ3) is 5.09. The van der Waals surface area contributed by atoms with Crippen LogP contribution >= 0.6 is 0 Å². The molecule has 1 aromatic carbocycles. The molecule has 0 fully saturated rings. The van der Waals surface area contributed by atoms with Crippen LogP contribution in [0.25, 0.3) is 0 Å². The lowest BCUT2D eigenvalue weighted by Gasteiger charge is -2.15. The summed E-state index contributed by atoms with van der Waals surface area (Å²) in [6.07, 6.45) is 0.313. The average Bonchev–Trinajstić information content (AvgIpc) is 2.37. The van der Waals surface area contributed by atoms with Gasteiger partial charge < -0.3 is 20.5 Å². The predicted molar refractivity (Wildman–Crippen MR) is 79.0 cm³/mol. The summed E-state index contributed by atoms with van der Waals surface area (Å²) in [6.45, 7) is 6.05. The van der Waals surface area contributed by atoms with E-state index < -0.39 is 0 Å². The lowest BCUT2D eigenvalue weighted by atomic mass is 10.1. The van der Waals surface area contributed by atoms with Crippen molar-refractivity contribution in [3.05, 3.63) is 23.8 Å². The van der Waals surface area contributed by atoms with Gasteiger partial charge in [0.25, 0.3) is 0 Å². The Morgan fingerprint density at radius 3 is 2.60 bits per heavy atom. The van der Waals surface area contributed by atoms with Crippen LogP contribution in [0.2, 0.25) is 0 Å². The van der Waals surface area contributed by atoms with Crippen molar-refractivity contribution in [1.82, 2.24) is 5.32 Å². The molecule has 0 heterocycles. The first-order valence-corrected chi connectivity index (χ1v) is 6.79. The minimum Gasteiger partial charge on any atom is -0.497 e. The number of nitrogens with two attached hydrogens (primary N) is 1. The molecule has 20 heavy (non-hydrogen) atoms. The van der Waals surface area contributed by atoms with E-state index in [2.05, 4.69) is 5.32 Å². The second-order valence-electron chi connectivity index (χ2n) is 5.01. The van der Waals surface area contributed by atoms with Gasteiger partial charge in [-0.25, -0.2) is 0 Å². The zero-order chi connectivity index (χ0) is 15.1. The number of carbonyl (C=O) groups excluding carboxylic acids is 1. The van der Waals surface area contributed by atoms with Crippen LogP contribution in [-0.4, -0.2) is 25.7 Å². The Morgan fingerprint density at radius 2 is 2.05 bits per heavy atom. The van der Waals surface area contributed by atoms with E-state index in [4.69, 9.17) is 15.2 Å². The highest BCUT2D eigenvalue weighted by atomic mass is 16.5. The molecule has 5 nitrogen and oxygen atoms in total. The Kier molecular flexibility index (Phi) is 6.31. The van der Waals surface area contributed by atoms with Gasteiger partial charge in [-0.1, -0.05) is 6.07 Å². The third-order valence-electron chi connectivity index (χ3n) is 2.75. The molecule has 1 amide bonds. The van der Waals surface area contributed by atoms with Crippen molar-refractivity contribution in [3.63, 3.8) is 0 Å². The largest absolute Gasteiger partial charge is 0.497 e. The fourth-order valence-electron chi connectivity index (χ4n) is 1.79. The molecular formula is C15H24N2O3. The van der Waals surface area contributed by atoms with Crippen molar-refractivity contribution in [2.24, 2.45) is 5.73 Å². The predicted octanol–water partition coefficient (Wildman–Crippen LogP) is 2.01. The number of hydrogen-bond acceptors (Lipinski definition) is 4. The smallest absolute Gasteiger partial charge is 0.223 e. The molecule has 0 saturated carbocycles. The fourth-order valence-corrected chi connectivity index (χ4v) is 1.79. The van der Waals surface area contributed by atoms with E-state index in [9.17, 15) is 4.79 Å². The molecule has 0 saturated heterocycles. The summed E-state index contributed by atoms with van der Waals surface area (Å²) >= 11 is 0. The van der Waals surface area contributed by atoms with Crippen LogP contribution in [-0.2, 0) is 4.79 Å². The molecule has 1 unspecified atom stereocenters. The van der Waals surface area contributed by atoms with Gasteiger partial charge in [-0.3, -0.25) is 4.79 Å². The van der Waals surface area contributed by atoms with Crippen LogP contribution in [0.1, 0.15) is 38.8 Å². The maximum Gasteiger partial charge on any atom is 0.223 e. The molecule has 5 heteroatoms. The van der Waals surface area contributed by atoms with Crippen LogP contribution < -0.4 is 20.5 Å². The molecule has 112 valence electrons. The highest BCUT2D eigenvalue weighted by Gasteiger charge is 2.11. The van der Waals surface area contributed by atoms with E-state index in [0.29, 0.717) is 24.5 Å². The second-order valence-corrected chi connectivity index (χ2v) is 5.01. The summed E-state index contributed by atoms with van der Waals surface area (Å²) in [5.74, 6) is 1.35. The fraction of sp³-hybridized carbons (Fsp3) is 0.533. The van der Waals surface area contributed by atoms with Gasteiger partial charge in [-0.2, -0.15) is 0 Å². The number of carbonyl (C=O) groups is 1. The number of benzene rings is 1. The Morgan fingerprint density at radius 1 is 1.35 bits per heavy atom. The number of rotatable bonds is 7. The van der Waals surface area contributed by atoms with Gasteiger partial charge in [-0.15, -0.1) is 0 Å². The van der Waals surface area contributed by atoms with E-state index in [1.807, 2.05) is 32.9 Å². The summed E-state index contributed by atoms with van der Waals surface area (Å²) < 4.78 is 10.8. The molecule has 3 N–H and O–H groups in total. The van der Waals surface area contributed by atoms with Crippen molar-refractivity contribution < 1.29 is 14.3 Å². The molecule has 0 aliphatic carbocycles. The van der Waals surface area contributed by atoms with E-state index in [1.54, 1.807) is 13.2 Å². The molecule has 0 radical (unpaired) electrons. The lowest BCUT2D eigenvalue weighted by Crippen LogP contribution is -2.31. The molecular weight excluding hydrogens is 256 g/mol. The average molecular weight is 280 g/mol. The van der Waals surface area contributed by atoms with Gasteiger partial charge in [0.15, 0.2) is 0 Å². The number of amides is 1. The van der Waals surface area contributed by atoms with Crippen LogP contribution in [0.15, 0.2) is 18.2 Å². The quantitative estimate of drug-likeness (QED) is 0.801. The maximum absolute atomic E-state index is 11.5. The highest BCUT2D eigenvalue weighted by Crippen LogP contribution is 2.28. The van der Waals surface area contributed by atoms with Crippen molar-refractivity contribution in [2.45, 2.75) is 39.3 Å². The van der Waals surface area contributed by atoms with Gasteiger partial charge in [-0.05, 0) is 26.8 Å². The van der Waals surface area contributed by atoms with Crippen LogP contribution in [0, 0.1) is 0 Å². The second kappa shape index (κ2) is 7.75. The van der Waals surface area contributed by atoms with E-state index in [0.717, 1.165) is 5.56 Å². The van der Waals surface area contributed by atoms with Crippen molar-refractivity contribution in [1.29, 1.82) is 0 Å². The van der Waals surface area contributed by atoms with Gasteiger partial charge in [0.05, 0.1) is 20.1 Å². The zero-order valence-corrected chi connectivity index (χ0v) is 12.6. The molecule has 0 aromatic heterocycles. The molecule has 0 aliphatic rings. The lowest BCUT2D eigenvalue weighted by molar-refractivity contribution is -0.122. The number of ether oxygens (including phenoxy) is 2. The topological polar surface area (TPSA) is 73.6 Å². The molecule has 1 rings (SSSR count). The first-order chi connectivity index (χ1) is 9.43. The van der Waals surface area contributed by atoms with Crippen LogP contribution in [0.3, 0.4) is 0 Å². The summed E-state index contributed by atoms with van der Waals surface area (Å²) in [6, 6.07) is 5.52. The van der Waals surface area contributed by atoms with Gasteiger partial charge in [0.2, 0.25) is 5.91 Å². The van der Waals surface area contributed by atoms with Gasteiger partial charge in [0, 0.05) is 23.7 Å². The number of nitrogens with one attached hydrogen (secondary N) is 1. The maximum atomic E-state index is 11.5. The van der Waals surface area contributed by atoms with Gasteiger partial charge >= 0.3 is 0 Å². The number of hydrogen-bond donors (Lipinski definition) is 2.